The summed E-state index contributed by atoms with van der Waals surface area (Å²) in [6, 6.07) is 7.79. The van der Waals surface area contributed by atoms with Gasteiger partial charge in [0.25, 0.3) is 0 Å². The second kappa shape index (κ2) is 5.78. The van der Waals surface area contributed by atoms with Crippen LogP contribution >= 0.6 is 23.8 Å². The Morgan fingerprint density at radius 2 is 2.14 bits per heavy atom. The van der Waals surface area contributed by atoms with Crippen molar-refractivity contribution in [1.29, 1.82) is 0 Å². The average molecular weight is 226 g/mol. The van der Waals surface area contributed by atoms with Gasteiger partial charge in [-0.3, -0.25) is 0 Å². The van der Waals surface area contributed by atoms with Crippen molar-refractivity contribution >= 4 is 34.9 Å². The summed E-state index contributed by atoms with van der Waals surface area (Å²) < 4.78 is 0. The lowest BCUT2D eigenvalue weighted by atomic mass is 10.1. The summed E-state index contributed by atoms with van der Waals surface area (Å²) in [5, 5.41) is 0. The standard InChI is InChI=1S/C11H12ClNS/c12-8-4-3-6-9-5-1-2-7-10(9)11(13)14/h1-3,5-7H,4,8H2,(H2,13,14). The molecule has 1 aromatic carbocycles. The van der Waals surface area contributed by atoms with Crippen molar-refractivity contribution in [3.63, 3.8) is 0 Å². The summed E-state index contributed by atoms with van der Waals surface area (Å²) in [4.78, 5) is 0.427. The van der Waals surface area contributed by atoms with Crippen LogP contribution in [0.1, 0.15) is 17.5 Å². The van der Waals surface area contributed by atoms with E-state index in [2.05, 4.69) is 0 Å². The molecule has 0 aliphatic rings. The SMILES string of the molecule is NC(=S)c1ccccc1C=CCCCl. The normalized spacial score (nSPS) is 10.6. The number of thiocarbonyl (C=S) groups is 1. The van der Waals surface area contributed by atoms with Crippen LogP contribution in [0.4, 0.5) is 0 Å². The lowest BCUT2D eigenvalue weighted by Crippen LogP contribution is -2.10. The fourth-order valence-corrected chi connectivity index (χ4v) is 1.45. The van der Waals surface area contributed by atoms with E-state index >= 15 is 0 Å². The summed E-state index contributed by atoms with van der Waals surface area (Å²) in [6.07, 6.45) is 4.87. The first-order valence-corrected chi connectivity index (χ1v) is 5.31. The molecule has 0 radical (unpaired) electrons. The lowest BCUT2D eigenvalue weighted by Gasteiger charge is -2.02. The van der Waals surface area contributed by atoms with Crippen molar-refractivity contribution in [2.45, 2.75) is 6.42 Å². The van der Waals surface area contributed by atoms with E-state index in [0.717, 1.165) is 17.5 Å². The number of allylic oxidation sites excluding steroid dienone is 1. The maximum absolute atomic E-state index is 5.59. The van der Waals surface area contributed by atoms with Gasteiger partial charge in [-0.1, -0.05) is 48.6 Å². The minimum atomic E-state index is 0.427. The molecule has 0 aliphatic carbocycles. The predicted molar refractivity (Wildman–Crippen MR) is 66.7 cm³/mol. The molecule has 1 rings (SSSR count). The number of rotatable bonds is 4. The highest BCUT2D eigenvalue weighted by molar-refractivity contribution is 7.80. The molecule has 0 unspecified atom stereocenters. The molecule has 74 valence electrons. The zero-order valence-corrected chi connectivity index (χ0v) is 9.31. The van der Waals surface area contributed by atoms with Crippen molar-refractivity contribution < 1.29 is 0 Å². The molecule has 0 aliphatic heterocycles. The summed E-state index contributed by atoms with van der Waals surface area (Å²) >= 11 is 10.5. The molecule has 0 bridgehead atoms. The molecule has 0 amide bonds. The van der Waals surface area contributed by atoms with Crippen LogP contribution in [0.3, 0.4) is 0 Å². The van der Waals surface area contributed by atoms with Gasteiger partial charge < -0.3 is 5.73 Å². The molecule has 0 saturated heterocycles. The van der Waals surface area contributed by atoms with Crippen LogP contribution in [0.2, 0.25) is 0 Å². The molecule has 1 nitrogen and oxygen atoms in total. The van der Waals surface area contributed by atoms with E-state index in [9.17, 15) is 0 Å². The van der Waals surface area contributed by atoms with Gasteiger partial charge in [0.05, 0.1) is 0 Å². The molecule has 1 aromatic rings. The zero-order valence-electron chi connectivity index (χ0n) is 7.74. The third kappa shape index (κ3) is 3.13. The molecule has 2 N–H and O–H groups in total. The molecule has 0 fully saturated rings. The Morgan fingerprint density at radius 3 is 2.79 bits per heavy atom. The first kappa shape index (κ1) is 11.2. The van der Waals surface area contributed by atoms with Crippen LogP contribution in [0, 0.1) is 0 Å². The van der Waals surface area contributed by atoms with Gasteiger partial charge >= 0.3 is 0 Å². The highest BCUT2D eigenvalue weighted by Gasteiger charge is 1.99. The van der Waals surface area contributed by atoms with Crippen LogP contribution in [-0.4, -0.2) is 10.9 Å². The number of hydrogen-bond acceptors (Lipinski definition) is 1. The molecule has 0 spiro atoms. The highest BCUT2D eigenvalue weighted by atomic mass is 35.5. The Balaban J connectivity index is 2.90. The summed E-state index contributed by atoms with van der Waals surface area (Å²) in [5.74, 6) is 0.631. The summed E-state index contributed by atoms with van der Waals surface area (Å²) in [7, 11) is 0. The van der Waals surface area contributed by atoms with E-state index < -0.39 is 0 Å². The minimum absolute atomic E-state index is 0.427. The quantitative estimate of drug-likeness (QED) is 0.630. The Labute approximate surface area is 94.6 Å². The van der Waals surface area contributed by atoms with Crippen molar-refractivity contribution in [1.82, 2.24) is 0 Å². The van der Waals surface area contributed by atoms with E-state index in [0.29, 0.717) is 10.9 Å². The van der Waals surface area contributed by atoms with Gasteiger partial charge in [0.15, 0.2) is 0 Å². The molecule has 14 heavy (non-hydrogen) atoms. The van der Waals surface area contributed by atoms with E-state index in [1.807, 2.05) is 36.4 Å². The molecule has 0 saturated carbocycles. The van der Waals surface area contributed by atoms with Crippen molar-refractivity contribution in [3.05, 3.63) is 41.5 Å². The fraction of sp³-hybridized carbons (Fsp3) is 0.182. The lowest BCUT2D eigenvalue weighted by molar-refractivity contribution is 1.24. The number of nitrogens with two attached hydrogens (primary N) is 1. The van der Waals surface area contributed by atoms with Crippen LogP contribution in [0.5, 0.6) is 0 Å². The molecular formula is C11H12ClNS. The van der Waals surface area contributed by atoms with E-state index in [4.69, 9.17) is 29.6 Å². The van der Waals surface area contributed by atoms with E-state index in [1.54, 1.807) is 0 Å². The van der Waals surface area contributed by atoms with Gasteiger partial charge in [-0.25, -0.2) is 0 Å². The molecule has 0 heterocycles. The van der Waals surface area contributed by atoms with E-state index in [-0.39, 0.29) is 0 Å². The summed E-state index contributed by atoms with van der Waals surface area (Å²) in [5.41, 5.74) is 7.55. The third-order valence-corrected chi connectivity index (χ3v) is 2.24. The second-order valence-electron chi connectivity index (χ2n) is 2.83. The van der Waals surface area contributed by atoms with Gasteiger partial charge in [0, 0.05) is 11.4 Å². The van der Waals surface area contributed by atoms with Crippen LogP contribution in [0.25, 0.3) is 6.08 Å². The summed E-state index contributed by atoms with van der Waals surface area (Å²) in [6.45, 7) is 0. The van der Waals surface area contributed by atoms with Crippen molar-refractivity contribution in [3.8, 4) is 0 Å². The van der Waals surface area contributed by atoms with Crippen molar-refractivity contribution in [2.75, 3.05) is 5.88 Å². The Bertz CT molecular complexity index is 347. The maximum atomic E-state index is 5.59. The highest BCUT2D eigenvalue weighted by Crippen LogP contribution is 2.10. The number of halogens is 1. The molecule has 0 aromatic heterocycles. The van der Waals surface area contributed by atoms with Gasteiger partial charge in [-0.05, 0) is 12.0 Å². The van der Waals surface area contributed by atoms with Gasteiger partial charge in [-0.15, -0.1) is 11.6 Å². The van der Waals surface area contributed by atoms with Crippen LogP contribution in [-0.2, 0) is 0 Å². The fourth-order valence-electron chi connectivity index (χ4n) is 1.14. The largest absolute Gasteiger partial charge is 0.389 e. The van der Waals surface area contributed by atoms with Gasteiger partial charge in [0.1, 0.15) is 4.99 Å². The zero-order chi connectivity index (χ0) is 10.4. The first-order valence-electron chi connectivity index (χ1n) is 4.37. The topological polar surface area (TPSA) is 26.0 Å². The maximum Gasteiger partial charge on any atom is 0.104 e. The minimum Gasteiger partial charge on any atom is -0.389 e. The molecule has 3 heteroatoms. The Kier molecular flexibility index (Phi) is 4.63. The predicted octanol–water partition coefficient (Wildman–Crippen LogP) is 2.96. The van der Waals surface area contributed by atoms with Gasteiger partial charge in [0.2, 0.25) is 0 Å². The van der Waals surface area contributed by atoms with Crippen LogP contribution < -0.4 is 5.73 Å². The Hall–Kier alpha value is -0.860. The van der Waals surface area contributed by atoms with Gasteiger partial charge in [-0.2, -0.15) is 0 Å². The number of benzene rings is 1. The number of hydrogen-bond donors (Lipinski definition) is 1. The smallest absolute Gasteiger partial charge is 0.104 e. The number of alkyl halides is 1. The average Bonchev–Trinajstić information content (AvgIpc) is 2.19. The second-order valence-corrected chi connectivity index (χ2v) is 3.65. The van der Waals surface area contributed by atoms with E-state index in [1.165, 1.54) is 0 Å². The molecular weight excluding hydrogens is 214 g/mol. The molecule has 0 atom stereocenters. The third-order valence-electron chi connectivity index (χ3n) is 1.80. The first-order chi connectivity index (χ1) is 6.75. The van der Waals surface area contributed by atoms with Crippen LogP contribution in [0.15, 0.2) is 30.3 Å². The van der Waals surface area contributed by atoms with Crippen molar-refractivity contribution in [2.24, 2.45) is 5.73 Å². The Morgan fingerprint density at radius 1 is 1.43 bits per heavy atom. The monoisotopic (exact) mass is 225 g/mol.